The van der Waals surface area contributed by atoms with Crippen LogP contribution in [0.3, 0.4) is 0 Å². The van der Waals surface area contributed by atoms with Crippen LogP contribution in [0.2, 0.25) is 5.02 Å². The Labute approximate surface area is 167 Å². The van der Waals surface area contributed by atoms with E-state index in [0.717, 1.165) is 32.6 Å². The Hall–Kier alpha value is -2.10. The summed E-state index contributed by atoms with van der Waals surface area (Å²) in [6.07, 6.45) is 1.81. The molecule has 0 N–H and O–H groups in total. The second-order valence-electron chi connectivity index (χ2n) is 6.15. The van der Waals surface area contributed by atoms with Gasteiger partial charge in [0.2, 0.25) is 0 Å². The van der Waals surface area contributed by atoms with Crippen molar-refractivity contribution >= 4 is 39.4 Å². The maximum Gasteiger partial charge on any atom is 0.128 e. The fraction of sp³-hybridized carbons (Fsp3) is 0.136. The lowest BCUT2D eigenvalue weighted by atomic mass is 10.1. The normalized spacial score (nSPS) is 11.1. The Morgan fingerprint density at radius 1 is 1.00 bits per heavy atom. The highest BCUT2D eigenvalue weighted by atomic mass is 79.9. The van der Waals surface area contributed by atoms with E-state index in [1.807, 2.05) is 49.5 Å². The highest BCUT2D eigenvalue weighted by Crippen LogP contribution is 2.26. The van der Waals surface area contributed by atoms with Gasteiger partial charge in [0.1, 0.15) is 12.4 Å². The van der Waals surface area contributed by atoms with Gasteiger partial charge in [-0.1, -0.05) is 63.4 Å². The van der Waals surface area contributed by atoms with Crippen LogP contribution >= 0.6 is 27.5 Å². The predicted molar refractivity (Wildman–Crippen MR) is 113 cm³/mol. The van der Waals surface area contributed by atoms with Crippen molar-refractivity contribution < 1.29 is 4.74 Å². The molecule has 3 aromatic carbocycles. The summed E-state index contributed by atoms with van der Waals surface area (Å²) in [5.74, 6) is 0.789. The summed E-state index contributed by atoms with van der Waals surface area (Å²) in [5.41, 5.74) is 5.20. The zero-order chi connectivity index (χ0) is 18.5. The highest BCUT2D eigenvalue weighted by Gasteiger charge is 2.05. The molecule has 132 valence electrons. The van der Waals surface area contributed by atoms with Gasteiger partial charge in [-0.3, -0.25) is 4.99 Å². The molecule has 0 fully saturated rings. The lowest BCUT2D eigenvalue weighted by molar-refractivity contribution is 0.306. The molecule has 0 radical (unpaired) electrons. The molecule has 4 heteroatoms. The van der Waals surface area contributed by atoms with Crippen LogP contribution in [0, 0.1) is 13.8 Å². The van der Waals surface area contributed by atoms with Crippen molar-refractivity contribution in [2.75, 3.05) is 0 Å². The van der Waals surface area contributed by atoms with Crippen molar-refractivity contribution in [1.82, 2.24) is 0 Å². The average molecular weight is 429 g/mol. The number of rotatable bonds is 5. The van der Waals surface area contributed by atoms with Gasteiger partial charge in [-0.2, -0.15) is 0 Å². The second kappa shape index (κ2) is 8.52. The maximum absolute atomic E-state index is 6.08. The molecule has 26 heavy (non-hydrogen) atoms. The first-order chi connectivity index (χ1) is 12.5. The molecular weight excluding hydrogens is 410 g/mol. The maximum atomic E-state index is 6.08. The van der Waals surface area contributed by atoms with Crippen LogP contribution < -0.4 is 4.74 Å². The largest absolute Gasteiger partial charge is 0.488 e. The quantitative estimate of drug-likeness (QED) is 0.399. The van der Waals surface area contributed by atoms with E-state index >= 15 is 0 Å². The number of hydrogen-bond donors (Lipinski definition) is 0. The van der Waals surface area contributed by atoms with Gasteiger partial charge in [0.05, 0.1) is 5.69 Å². The van der Waals surface area contributed by atoms with Crippen LogP contribution in [-0.4, -0.2) is 6.21 Å². The van der Waals surface area contributed by atoms with Crippen LogP contribution in [0.25, 0.3) is 0 Å². The average Bonchev–Trinajstić information content (AvgIpc) is 2.63. The molecule has 0 bridgehead atoms. The summed E-state index contributed by atoms with van der Waals surface area (Å²) >= 11 is 9.59. The first-order valence-corrected chi connectivity index (χ1v) is 9.46. The van der Waals surface area contributed by atoms with E-state index < -0.39 is 0 Å². The monoisotopic (exact) mass is 427 g/mol. The number of benzene rings is 3. The van der Waals surface area contributed by atoms with E-state index in [4.69, 9.17) is 16.3 Å². The summed E-state index contributed by atoms with van der Waals surface area (Å²) in [4.78, 5) is 4.59. The fourth-order valence-electron chi connectivity index (χ4n) is 2.46. The molecule has 0 aromatic heterocycles. The third-order valence-electron chi connectivity index (χ3n) is 4.00. The van der Waals surface area contributed by atoms with Gasteiger partial charge in [0.15, 0.2) is 0 Å². The molecule has 0 aliphatic rings. The fourth-order valence-corrected chi connectivity index (χ4v) is 3.00. The van der Waals surface area contributed by atoms with Crippen LogP contribution in [0.15, 0.2) is 70.1 Å². The Balaban J connectivity index is 1.82. The zero-order valence-electron chi connectivity index (χ0n) is 14.7. The Morgan fingerprint density at radius 3 is 2.54 bits per heavy atom. The van der Waals surface area contributed by atoms with Gasteiger partial charge in [-0.15, -0.1) is 0 Å². The molecular formula is C22H19BrClNO. The van der Waals surface area contributed by atoms with Gasteiger partial charge in [-0.25, -0.2) is 0 Å². The molecule has 0 aliphatic carbocycles. The van der Waals surface area contributed by atoms with Gasteiger partial charge in [0.25, 0.3) is 0 Å². The number of ether oxygens (including phenoxy) is 1. The third-order valence-corrected chi connectivity index (χ3v) is 4.73. The van der Waals surface area contributed by atoms with E-state index in [2.05, 4.69) is 52.1 Å². The van der Waals surface area contributed by atoms with Crippen LogP contribution in [0.5, 0.6) is 5.75 Å². The molecule has 2 nitrogen and oxygen atoms in total. The van der Waals surface area contributed by atoms with Crippen molar-refractivity contribution in [3.8, 4) is 5.75 Å². The van der Waals surface area contributed by atoms with E-state index in [0.29, 0.717) is 11.6 Å². The standard InChI is InChI=1S/C22H19BrClNO/c1-15-3-6-17(7-4-15)14-26-22-10-8-19(23)11-18(22)13-25-21-12-20(24)9-5-16(21)2/h3-13H,14H2,1-2H3. The SMILES string of the molecule is Cc1ccc(COc2ccc(Br)cc2C=Nc2cc(Cl)ccc2C)cc1. The number of aliphatic imine (C=N–C) groups is 1. The number of hydrogen-bond acceptors (Lipinski definition) is 2. The predicted octanol–water partition coefficient (Wildman–Crippen LogP) is 7.05. The van der Waals surface area contributed by atoms with Gasteiger partial charge in [0, 0.05) is 21.3 Å². The van der Waals surface area contributed by atoms with Crippen LogP contribution in [0.4, 0.5) is 5.69 Å². The van der Waals surface area contributed by atoms with Crippen molar-refractivity contribution in [2.24, 2.45) is 4.99 Å². The topological polar surface area (TPSA) is 21.6 Å². The number of aryl methyl sites for hydroxylation is 2. The van der Waals surface area contributed by atoms with E-state index in [1.54, 1.807) is 0 Å². The molecule has 0 saturated carbocycles. The Bertz CT molecular complexity index is 935. The zero-order valence-corrected chi connectivity index (χ0v) is 17.0. The minimum Gasteiger partial charge on any atom is -0.488 e. The van der Waals surface area contributed by atoms with E-state index in [-0.39, 0.29) is 0 Å². The first-order valence-electron chi connectivity index (χ1n) is 8.29. The molecule has 0 aliphatic heterocycles. The number of nitrogens with zero attached hydrogens (tertiary/aromatic N) is 1. The second-order valence-corrected chi connectivity index (χ2v) is 7.50. The van der Waals surface area contributed by atoms with Gasteiger partial charge >= 0.3 is 0 Å². The molecule has 3 rings (SSSR count). The molecule has 0 spiro atoms. The summed E-state index contributed by atoms with van der Waals surface area (Å²) in [7, 11) is 0. The molecule has 3 aromatic rings. The minimum atomic E-state index is 0.513. The Kier molecular flexibility index (Phi) is 6.12. The summed E-state index contributed by atoms with van der Waals surface area (Å²) in [5, 5.41) is 0.674. The van der Waals surface area contributed by atoms with Crippen molar-refractivity contribution in [2.45, 2.75) is 20.5 Å². The van der Waals surface area contributed by atoms with Crippen molar-refractivity contribution in [3.63, 3.8) is 0 Å². The summed E-state index contributed by atoms with van der Waals surface area (Å²) in [6.45, 7) is 4.60. The molecule has 0 unspecified atom stereocenters. The van der Waals surface area contributed by atoms with Crippen LogP contribution in [-0.2, 0) is 6.61 Å². The smallest absolute Gasteiger partial charge is 0.128 e. The van der Waals surface area contributed by atoms with Crippen LogP contribution in [0.1, 0.15) is 22.3 Å². The minimum absolute atomic E-state index is 0.513. The Morgan fingerprint density at radius 2 is 1.77 bits per heavy atom. The third kappa shape index (κ3) is 4.96. The van der Waals surface area contributed by atoms with Crippen molar-refractivity contribution in [3.05, 3.63) is 92.4 Å². The van der Waals surface area contributed by atoms with E-state index in [9.17, 15) is 0 Å². The lowest BCUT2D eigenvalue weighted by Crippen LogP contribution is -1.98. The first kappa shape index (κ1) is 18.7. The molecule has 0 saturated heterocycles. The molecule has 0 atom stereocenters. The van der Waals surface area contributed by atoms with E-state index in [1.165, 1.54) is 5.56 Å². The van der Waals surface area contributed by atoms with Gasteiger partial charge in [-0.05, 0) is 55.3 Å². The molecule has 0 amide bonds. The lowest BCUT2D eigenvalue weighted by Gasteiger charge is -2.10. The van der Waals surface area contributed by atoms with Gasteiger partial charge < -0.3 is 4.74 Å². The summed E-state index contributed by atoms with van der Waals surface area (Å²) in [6, 6.07) is 19.9. The molecule has 0 heterocycles. The highest BCUT2D eigenvalue weighted by molar-refractivity contribution is 9.10. The number of halogens is 2. The summed E-state index contributed by atoms with van der Waals surface area (Å²) < 4.78 is 7.00. The van der Waals surface area contributed by atoms with Crippen molar-refractivity contribution in [1.29, 1.82) is 0 Å².